The van der Waals surface area contributed by atoms with Gasteiger partial charge in [-0.15, -0.1) is 0 Å². The smallest absolute Gasteiger partial charge is 0.0588 e. The van der Waals surface area contributed by atoms with E-state index in [1.54, 1.807) is 0 Å². The molecule has 2 nitrogen and oxygen atoms in total. The Morgan fingerprint density at radius 3 is 3.00 bits per heavy atom. The van der Waals surface area contributed by atoms with Gasteiger partial charge >= 0.3 is 0 Å². The van der Waals surface area contributed by atoms with E-state index in [-0.39, 0.29) is 6.10 Å². The summed E-state index contributed by atoms with van der Waals surface area (Å²) < 4.78 is 0. The van der Waals surface area contributed by atoms with Crippen molar-refractivity contribution in [3.05, 3.63) is 0 Å². The van der Waals surface area contributed by atoms with Crippen molar-refractivity contribution in [1.29, 1.82) is 0 Å². The van der Waals surface area contributed by atoms with Crippen LogP contribution >= 0.6 is 11.8 Å². The van der Waals surface area contributed by atoms with E-state index in [1.165, 1.54) is 12.2 Å². The van der Waals surface area contributed by atoms with Gasteiger partial charge in [0, 0.05) is 0 Å². The number of hydrogen-bond acceptors (Lipinski definition) is 3. The van der Waals surface area contributed by atoms with Crippen LogP contribution in [0.15, 0.2) is 0 Å². The number of aliphatic hydroxyl groups is 1. The maximum Gasteiger partial charge on any atom is 0.0588 e. The molecule has 1 unspecified atom stereocenters. The summed E-state index contributed by atoms with van der Waals surface area (Å²) in [5.41, 5.74) is 5.33. The highest BCUT2D eigenvalue weighted by atomic mass is 32.2. The van der Waals surface area contributed by atoms with E-state index in [0.29, 0.717) is 12.5 Å². The minimum atomic E-state index is -0.139. The molecule has 1 aliphatic heterocycles. The van der Waals surface area contributed by atoms with Crippen LogP contribution in [-0.4, -0.2) is 29.3 Å². The lowest BCUT2D eigenvalue weighted by molar-refractivity contribution is 0.113. The molecule has 2 atom stereocenters. The molecule has 3 heteroatoms. The standard InChI is InChI=1S/C7H15NOS/c8-3-1-7(9)6-2-4-10-5-6/h6-7,9H,1-5,8H2/t6?,7-/m0/s1. The summed E-state index contributed by atoms with van der Waals surface area (Å²) in [5.74, 6) is 2.86. The predicted molar refractivity (Wildman–Crippen MR) is 45.1 cm³/mol. The Morgan fingerprint density at radius 2 is 2.50 bits per heavy atom. The van der Waals surface area contributed by atoms with E-state index >= 15 is 0 Å². The van der Waals surface area contributed by atoms with Gasteiger partial charge in [0.05, 0.1) is 6.10 Å². The van der Waals surface area contributed by atoms with Crippen molar-refractivity contribution in [3.8, 4) is 0 Å². The zero-order chi connectivity index (χ0) is 7.40. The first-order chi connectivity index (χ1) is 4.84. The number of nitrogens with two attached hydrogens (primary N) is 1. The average molecular weight is 161 g/mol. The molecule has 0 aliphatic carbocycles. The molecule has 0 aromatic rings. The van der Waals surface area contributed by atoms with Crippen molar-refractivity contribution < 1.29 is 5.11 Å². The van der Waals surface area contributed by atoms with Crippen LogP contribution in [-0.2, 0) is 0 Å². The molecular formula is C7H15NOS. The lowest BCUT2D eigenvalue weighted by Gasteiger charge is -2.15. The quantitative estimate of drug-likeness (QED) is 0.631. The molecule has 0 amide bonds. The second kappa shape index (κ2) is 4.21. The van der Waals surface area contributed by atoms with Crippen LogP contribution in [0, 0.1) is 5.92 Å². The Balaban J connectivity index is 2.18. The molecule has 0 radical (unpaired) electrons. The van der Waals surface area contributed by atoms with Gasteiger partial charge in [-0.3, -0.25) is 0 Å². The maximum atomic E-state index is 9.46. The van der Waals surface area contributed by atoms with Gasteiger partial charge in [-0.1, -0.05) is 0 Å². The van der Waals surface area contributed by atoms with Crippen LogP contribution in [0.2, 0.25) is 0 Å². The molecule has 0 saturated carbocycles. The lowest BCUT2D eigenvalue weighted by Crippen LogP contribution is -2.23. The summed E-state index contributed by atoms with van der Waals surface area (Å²) in [5, 5.41) is 9.46. The fraction of sp³-hybridized carbons (Fsp3) is 1.00. The van der Waals surface area contributed by atoms with E-state index in [1.807, 2.05) is 11.8 Å². The summed E-state index contributed by atoms with van der Waals surface area (Å²) in [6.45, 7) is 0.613. The van der Waals surface area contributed by atoms with Crippen LogP contribution in [0.5, 0.6) is 0 Å². The number of rotatable bonds is 3. The van der Waals surface area contributed by atoms with E-state index < -0.39 is 0 Å². The topological polar surface area (TPSA) is 46.2 Å². The SMILES string of the molecule is NCC[C@H](O)C1CCSC1. The van der Waals surface area contributed by atoms with Crippen LogP contribution < -0.4 is 5.73 Å². The summed E-state index contributed by atoms with van der Waals surface area (Å²) in [7, 11) is 0. The maximum absolute atomic E-state index is 9.46. The zero-order valence-corrected chi connectivity index (χ0v) is 6.94. The third-order valence-corrected chi connectivity index (χ3v) is 3.16. The molecule has 0 aromatic carbocycles. The molecule has 1 saturated heterocycles. The Hall–Kier alpha value is 0.270. The van der Waals surface area contributed by atoms with Crippen molar-refractivity contribution in [2.45, 2.75) is 18.9 Å². The fourth-order valence-corrected chi connectivity index (χ4v) is 2.59. The molecule has 3 N–H and O–H groups in total. The van der Waals surface area contributed by atoms with E-state index in [9.17, 15) is 5.11 Å². The zero-order valence-electron chi connectivity index (χ0n) is 6.12. The molecule has 60 valence electrons. The molecule has 1 aliphatic rings. The summed E-state index contributed by atoms with van der Waals surface area (Å²) in [6.07, 6.45) is 1.80. The second-order valence-corrected chi connectivity index (χ2v) is 3.92. The third-order valence-electron chi connectivity index (χ3n) is 1.97. The highest BCUT2D eigenvalue weighted by Gasteiger charge is 2.22. The largest absolute Gasteiger partial charge is 0.393 e. The van der Waals surface area contributed by atoms with Gasteiger partial charge in [-0.05, 0) is 36.8 Å². The van der Waals surface area contributed by atoms with Crippen molar-refractivity contribution in [2.75, 3.05) is 18.1 Å². The fourth-order valence-electron chi connectivity index (χ4n) is 1.26. The van der Waals surface area contributed by atoms with Crippen molar-refractivity contribution in [3.63, 3.8) is 0 Å². The van der Waals surface area contributed by atoms with Gasteiger partial charge in [0.1, 0.15) is 0 Å². The molecule has 1 rings (SSSR count). The Kier molecular flexibility index (Phi) is 3.52. The van der Waals surface area contributed by atoms with Gasteiger partial charge in [-0.25, -0.2) is 0 Å². The summed E-state index contributed by atoms with van der Waals surface area (Å²) in [6, 6.07) is 0. The van der Waals surface area contributed by atoms with Crippen LogP contribution in [0.25, 0.3) is 0 Å². The van der Waals surface area contributed by atoms with E-state index in [0.717, 1.165) is 12.2 Å². The molecule has 0 bridgehead atoms. The Bertz CT molecular complexity index is 93.6. The van der Waals surface area contributed by atoms with Gasteiger partial charge in [0.2, 0.25) is 0 Å². The van der Waals surface area contributed by atoms with Crippen LogP contribution in [0.4, 0.5) is 0 Å². The van der Waals surface area contributed by atoms with Gasteiger partial charge in [-0.2, -0.15) is 11.8 Å². The number of aliphatic hydroxyl groups excluding tert-OH is 1. The van der Waals surface area contributed by atoms with Crippen LogP contribution in [0.3, 0.4) is 0 Å². The number of hydrogen-bond donors (Lipinski definition) is 2. The molecule has 1 heterocycles. The van der Waals surface area contributed by atoms with Crippen molar-refractivity contribution in [1.82, 2.24) is 0 Å². The van der Waals surface area contributed by atoms with E-state index in [2.05, 4.69) is 0 Å². The molecular weight excluding hydrogens is 146 g/mol. The predicted octanol–water partition coefficient (Wildman–Crippen LogP) is 0.449. The number of thioether (sulfide) groups is 1. The van der Waals surface area contributed by atoms with Gasteiger partial charge in [0.15, 0.2) is 0 Å². The average Bonchev–Trinajstić information content (AvgIpc) is 2.38. The van der Waals surface area contributed by atoms with Gasteiger partial charge < -0.3 is 10.8 Å². The van der Waals surface area contributed by atoms with E-state index in [4.69, 9.17) is 5.73 Å². The Morgan fingerprint density at radius 1 is 1.70 bits per heavy atom. The van der Waals surface area contributed by atoms with Crippen molar-refractivity contribution in [2.24, 2.45) is 11.7 Å². The Labute approximate surface area is 66.2 Å². The first-order valence-corrected chi connectivity index (χ1v) is 4.96. The first kappa shape index (κ1) is 8.37. The monoisotopic (exact) mass is 161 g/mol. The molecule has 0 aromatic heterocycles. The van der Waals surface area contributed by atoms with Crippen LogP contribution in [0.1, 0.15) is 12.8 Å². The minimum absolute atomic E-state index is 0.139. The lowest BCUT2D eigenvalue weighted by atomic mass is 10.00. The third kappa shape index (κ3) is 2.15. The molecule has 0 spiro atoms. The normalized spacial score (nSPS) is 28.8. The minimum Gasteiger partial charge on any atom is -0.393 e. The second-order valence-electron chi connectivity index (χ2n) is 2.77. The highest BCUT2D eigenvalue weighted by molar-refractivity contribution is 7.99. The first-order valence-electron chi connectivity index (χ1n) is 3.80. The molecule has 1 fully saturated rings. The highest BCUT2D eigenvalue weighted by Crippen LogP contribution is 2.26. The van der Waals surface area contributed by atoms with Crippen molar-refractivity contribution >= 4 is 11.8 Å². The summed E-state index contributed by atoms with van der Waals surface area (Å²) >= 11 is 1.94. The van der Waals surface area contributed by atoms with Gasteiger partial charge in [0.25, 0.3) is 0 Å². The summed E-state index contributed by atoms with van der Waals surface area (Å²) in [4.78, 5) is 0. The molecule has 10 heavy (non-hydrogen) atoms.